The highest BCUT2D eigenvalue weighted by molar-refractivity contribution is 5.94. The number of non-ortho nitro benzene ring substituents is 1. The van der Waals surface area contributed by atoms with Crippen LogP contribution in [-0.2, 0) is 16.0 Å². The van der Waals surface area contributed by atoms with Crippen molar-refractivity contribution in [2.45, 2.75) is 13.3 Å². The third-order valence-corrected chi connectivity index (χ3v) is 3.29. The molecule has 0 unspecified atom stereocenters. The zero-order valence-corrected chi connectivity index (χ0v) is 13.6. The van der Waals surface area contributed by atoms with E-state index in [4.69, 9.17) is 0 Å². The van der Waals surface area contributed by atoms with Gasteiger partial charge < -0.3 is 10.6 Å². The summed E-state index contributed by atoms with van der Waals surface area (Å²) in [5, 5.41) is 27.0. The lowest BCUT2D eigenvalue weighted by atomic mass is 10.1. The van der Waals surface area contributed by atoms with Crippen LogP contribution in [-0.4, -0.2) is 21.7 Å². The molecule has 2 aromatic carbocycles. The summed E-state index contributed by atoms with van der Waals surface area (Å²) in [4.78, 5) is 43.5. The van der Waals surface area contributed by atoms with Crippen molar-refractivity contribution in [3.63, 3.8) is 0 Å². The molecule has 10 heteroatoms. The van der Waals surface area contributed by atoms with Crippen molar-refractivity contribution in [3.8, 4) is 0 Å². The molecule has 0 atom stereocenters. The van der Waals surface area contributed by atoms with Crippen LogP contribution >= 0.6 is 0 Å². The Balaban J connectivity index is 2.16. The maximum atomic E-state index is 12.2. The lowest BCUT2D eigenvalue weighted by Gasteiger charge is -2.08. The molecule has 0 aliphatic heterocycles. The van der Waals surface area contributed by atoms with Crippen LogP contribution in [0.2, 0.25) is 0 Å². The van der Waals surface area contributed by atoms with Gasteiger partial charge in [0.1, 0.15) is 0 Å². The molecular formula is C16H14N4O6. The largest absolute Gasteiger partial charge is 0.326 e. The topological polar surface area (TPSA) is 144 Å². The van der Waals surface area contributed by atoms with Crippen molar-refractivity contribution in [2.24, 2.45) is 0 Å². The van der Waals surface area contributed by atoms with Crippen molar-refractivity contribution in [3.05, 3.63) is 68.3 Å². The summed E-state index contributed by atoms with van der Waals surface area (Å²) < 4.78 is 0. The first-order chi connectivity index (χ1) is 12.3. The molecule has 2 N–H and O–H groups in total. The number of amides is 2. The average molecular weight is 358 g/mol. The SMILES string of the molecule is CC(=O)Nc1cccc(NC(=O)Cc2ccc([N+](=O)[O-])cc2[N+](=O)[O-])c1. The first kappa shape index (κ1) is 18.5. The monoisotopic (exact) mass is 358 g/mol. The van der Waals surface area contributed by atoms with Crippen molar-refractivity contribution in [2.75, 3.05) is 10.6 Å². The van der Waals surface area contributed by atoms with Gasteiger partial charge in [0.05, 0.1) is 22.3 Å². The van der Waals surface area contributed by atoms with E-state index in [-0.39, 0.29) is 17.9 Å². The summed E-state index contributed by atoms with van der Waals surface area (Å²) in [6, 6.07) is 9.49. The van der Waals surface area contributed by atoms with Gasteiger partial charge in [0.25, 0.3) is 11.4 Å². The first-order valence-electron chi connectivity index (χ1n) is 7.35. The van der Waals surface area contributed by atoms with Crippen LogP contribution in [0.1, 0.15) is 12.5 Å². The smallest absolute Gasteiger partial charge is 0.279 e. The minimum atomic E-state index is -0.771. The summed E-state index contributed by atoms with van der Waals surface area (Å²) in [5.41, 5.74) is 0.00348. The molecule has 10 nitrogen and oxygen atoms in total. The normalized spacial score (nSPS) is 10.0. The number of nitro groups is 2. The number of rotatable bonds is 6. The van der Waals surface area contributed by atoms with E-state index < -0.39 is 27.1 Å². The Morgan fingerprint density at radius 3 is 2.19 bits per heavy atom. The van der Waals surface area contributed by atoms with Crippen LogP contribution in [0.15, 0.2) is 42.5 Å². The second kappa shape index (κ2) is 7.83. The van der Waals surface area contributed by atoms with E-state index in [9.17, 15) is 29.8 Å². The zero-order valence-electron chi connectivity index (χ0n) is 13.6. The fourth-order valence-corrected chi connectivity index (χ4v) is 2.24. The molecule has 0 aromatic heterocycles. The molecule has 2 amide bonds. The second-order valence-corrected chi connectivity index (χ2v) is 5.31. The molecule has 0 saturated carbocycles. The highest BCUT2D eigenvalue weighted by atomic mass is 16.6. The number of nitro benzene ring substituents is 2. The zero-order chi connectivity index (χ0) is 19.3. The molecule has 2 rings (SSSR count). The van der Waals surface area contributed by atoms with E-state index in [0.29, 0.717) is 11.4 Å². The van der Waals surface area contributed by atoms with Crippen LogP contribution in [0.25, 0.3) is 0 Å². The standard InChI is InChI=1S/C16H14N4O6/c1-10(21)17-12-3-2-4-13(8-12)18-16(22)7-11-5-6-14(19(23)24)9-15(11)20(25)26/h2-6,8-9H,7H2,1H3,(H,17,21)(H,18,22). The van der Waals surface area contributed by atoms with Gasteiger partial charge in [0.2, 0.25) is 11.8 Å². The molecule has 0 bridgehead atoms. The maximum Gasteiger partial charge on any atom is 0.279 e. The second-order valence-electron chi connectivity index (χ2n) is 5.31. The van der Waals surface area contributed by atoms with E-state index in [1.54, 1.807) is 18.2 Å². The minimum absolute atomic E-state index is 0.0520. The Kier molecular flexibility index (Phi) is 5.58. The first-order valence-corrected chi connectivity index (χ1v) is 7.35. The number of nitrogens with zero attached hydrogens (tertiary/aromatic N) is 2. The average Bonchev–Trinajstić information content (AvgIpc) is 2.54. The molecule has 0 aliphatic rings. The predicted octanol–water partition coefficient (Wildman–Crippen LogP) is 2.64. The van der Waals surface area contributed by atoms with Crippen molar-refractivity contribution in [1.82, 2.24) is 0 Å². The Labute approximate surface area is 147 Å². The lowest BCUT2D eigenvalue weighted by molar-refractivity contribution is -0.394. The number of anilines is 2. The van der Waals surface area contributed by atoms with Gasteiger partial charge in [-0.15, -0.1) is 0 Å². The summed E-state index contributed by atoms with van der Waals surface area (Å²) >= 11 is 0. The van der Waals surface area contributed by atoms with Gasteiger partial charge in [-0.25, -0.2) is 0 Å². The van der Waals surface area contributed by atoms with E-state index in [1.807, 2.05) is 0 Å². The Hall–Kier alpha value is -3.82. The molecule has 0 fully saturated rings. The summed E-state index contributed by atoms with van der Waals surface area (Å²) in [6.45, 7) is 1.35. The maximum absolute atomic E-state index is 12.2. The van der Waals surface area contributed by atoms with E-state index in [0.717, 1.165) is 12.1 Å². The van der Waals surface area contributed by atoms with Crippen LogP contribution in [0.5, 0.6) is 0 Å². The van der Waals surface area contributed by atoms with Gasteiger partial charge in [-0.2, -0.15) is 0 Å². The number of benzene rings is 2. The molecule has 0 spiro atoms. The summed E-state index contributed by atoms with van der Waals surface area (Å²) in [7, 11) is 0. The van der Waals surface area contributed by atoms with Gasteiger partial charge in [-0.1, -0.05) is 6.07 Å². The summed E-state index contributed by atoms with van der Waals surface area (Å²) in [6.07, 6.45) is -0.335. The number of hydrogen-bond donors (Lipinski definition) is 2. The number of hydrogen-bond acceptors (Lipinski definition) is 6. The molecule has 0 radical (unpaired) electrons. The van der Waals surface area contributed by atoms with Crippen LogP contribution in [0.4, 0.5) is 22.7 Å². The minimum Gasteiger partial charge on any atom is -0.326 e. The van der Waals surface area contributed by atoms with Crippen molar-refractivity contribution >= 4 is 34.6 Å². The van der Waals surface area contributed by atoms with Gasteiger partial charge in [-0.05, 0) is 24.3 Å². The summed E-state index contributed by atoms with van der Waals surface area (Å²) in [5.74, 6) is -0.808. The van der Waals surface area contributed by atoms with E-state index in [2.05, 4.69) is 10.6 Å². The number of nitrogens with one attached hydrogen (secondary N) is 2. The quantitative estimate of drug-likeness (QED) is 0.600. The number of carbonyl (C=O) groups excluding carboxylic acids is 2. The Bertz CT molecular complexity index is 896. The van der Waals surface area contributed by atoms with Gasteiger partial charge >= 0.3 is 0 Å². The third kappa shape index (κ3) is 4.84. The molecule has 0 aliphatic carbocycles. The molecule has 2 aromatic rings. The lowest BCUT2D eigenvalue weighted by Crippen LogP contribution is -2.15. The molecule has 134 valence electrons. The van der Waals surface area contributed by atoms with Crippen molar-refractivity contribution in [1.29, 1.82) is 0 Å². The van der Waals surface area contributed by atoms with Gasteiger partial charge in [-0.3, -0.25) is 29.8 Å². The Morgan fingerprint density at radius 1 is 0.962 bits per heavy atom. The van der Waals surface area contributed by atoms with Gasteiger partial charge in [0, 0.05) is 29.9 Å². The van der Waals surface area contributed by atoms with Crippen LogP contribution in [0.3, 0.4) is 0 Å². The highest BCUT2D eigenvalue weighted by Crippen LogP contribution is 2.25. The third-order valence-electron chi connectivity index (χ3n) is 3.29. The van der Waals surface area contributed by atoms with E-state index >= 15 is 0 Å². The fourth-order valence-electron chi connectivity index (χ4n) is 2.24. The Morgan fingerprint density at radius 2 is 1.62 bits per heavy atom. The van der Waals surface area contributed by atoms with Crippen LogP contribution in [0, 0.1) is 20.2 Å². The molecule has 0 saturated heterocycles. The van der Waals surface area contributed by atoms with Crippen molar-refractivity contribution < 1.29 is 19.4 Å². The van der Waals surface area contributed by atoms with E-state index in [1.165, 1.54) is 19.1 Å². The van der Waals surface area contributed by atoms with Crippen LogP contribution < -0.4 is 10.6 Å². The highest BCUT2D eigenvalue weighted by Gasteiger charge is 2.21. The molecule has 26 heavy (non-hydrogen) atoms. The number of carbonyl (C=O) groups is 2. The fraction of sp³-hybridized carbons (Fsp3) is 0.125. The molecular weight excluding hydrogens is 344 g/mol. The molecule has 0 heterocycles. The van der Waals surface area contributed by atoms with Gasteiger partial charge in [0.15, 0.2) is 0 Å². The predicted molar refractivity (Wildman–Crippen MR) is 92.8 cm³/mol.